The standard InChI is InChI=1S/C16H29N3O/c17-15(19-9-3-1-2-4-10-19)18-8-7-16(20)12-13-5-6-14(16)11-13/h13-14,20H,1-12H2,(H2,17,18). The predicted octanol–water partition coefficient (Wildman–Crippen LogP) is 2.12. The van der Waals surface area contributed by atoms with Gasteiger partial charge in [-0.05, 0) is 56.8 Å². The van der Waals surface area contributed by atoms with Gasteiger partial charge in [-0.25, -0.2) is 0 Å². The molecule has 0 aromatic rings. The molecule has 0 aromatic carbocycles. The lowest BCUT2D eigenvalue weighted by molar-refractivity contribution is -0.0181. The van der Waals surface area contributed by atoms with Crippen LogP contribution in [-0.2, 0) is 0 Å². The van der Waals surface area contributed by atoms with Gasteiger partial charge in [0.05, 0.1) is 5.60 Å². The Kier molecular flexibility index (Phi) is 4.20. The Bertz CT molecular complexity index is 363. The highest BCUT2D eigenvalue weighted by Crippen LogP contribution is 2.52. The van der Waals surface area contributed by atoms with Gasteiger partial charge in [0.25, 0.3) is 0 Å². The van der Waals surface area contributed by atoms with Gasteiger partial charge in [-0.3, -0.25) is 4.99 Å². The van der Waals surface area contributed by atoms with E-state index in [2.05, 4.69) is 9.89 Å². The van der Waals surface area contributed by atoms with Crippen molar-refractivity contribution < 1.29 is 5.11 Å². The SMILES string of the molecule is NC(=NCCC1(O)CC2CCC1C2)N1CCCCCC1. The number of aliphatic hydroxyl groups is 1. The molecule has 4 heteroatoms. The molecule has 114 valence electrons. The molecule has 0 spiro atoms. The van der Waals surface area contributed by atoms with Crippen LogP contribution in [0.15, 0.2) is 4.99 Å². The van der Waals surface area contributed by atoms with Crippen molar-refractivity contribution >= 4 is 5.96 Å². The number of nitrogens with two attached hydrogens (primary N) is 1. The summed E-state index contributed by atoms with van der Waals surface area (Å²) in [6, 6.07) is 0. The van der Waals surface area contributed by atoms with E-state index in [1.165, 1.54) is 44.9 Å². The number of fused-ring (bicyclic) bond motifs is 2. The average Bonchev–Trinajstić information content (AvgIpc) is 2.88. The first kappa shape index (κ1) is 14.2. The zero-order valence-electron chi connectivity index (χ0n) is 12.6. The summed E-state index contributed by atoms with van der Waals surface area (Å²) in [5.41, 5.74) is 5.68. The molecule has 1 heterocycles. The second kappa shape index (κ2) is 5.92. The molecule has 2 bridgehead atoms. The van der Waals surface area contributed by atoms with Crippen LogP contribution in [0.25, 0.3) is 0 Å². The fraction of sp³-hybridized carbons (Fsp3) is 0.938. The van der Waals surface area contributed by atoms with Gasteiger partial charge in [-0.2, -0.15) is 0 Å². The number of hydrogen-bond donors (Lipinski definition) is 2. The van der Waals surface area contributed by atoms with Crippen LogP contribution >= 0.6 is 0 Å². The molecule has 3 unspecified atom stereocenters. The summed E-state index contributed by atoms with van der Waals surface area (Å²) in [7, 11) is 0. The number of likely N-dealkylation sites (tertiary alicyclic amines) is 1. The lowest BCUT2D eigenvalue weighted by Gasteiger charge is -2.32. The Morgan fingerprint density at radius 2 is 1.95 bits per heavy atom. The van der Waals surface area contributed by atoms with Gasteiger partial charge in [0.2, 0.25) is 0 Å². The maximum absolute atomic E-state index is 10.7. The van der Waals surface area contributed by atoms with E-state index in [0.29, 0.717) is 18.4 Å². The molecule has 1 aliphatic heterocycles. The minimum atomic E-state index is -0.439. The summed E-state index contributed by atoms with van der Waals surface area (Å²) < 4.78 is 0. The molecule has 3 aliphatic rings. The van der Waals surface area contributed by atoms with Crippen molar-refractivity contribution in [2.45, 2.75) is 63.4 Å². The lowest BCUT2D eigenvalue weighted by atomic mass is 9.82. The Morgan fingerprint density at radius 3 is 2.55 bits per heavy atom. The topological polar surface area (TPSA) is 61.9 Å². The maximum Gasteiger partial charge on any atom is 0.191 e. The molecule has 3 rings (SSSR count). The monoisotopic (exact) mass is 279 g/mol. The van der Waals surface area contributed by atoms with Crippen LogP contribution in [0.4, 0.5) is 0 Å². The van der Waals surface area contributed by atoms with Crippen molar-refractivity contribution in [3.8, 4) is 0 Å². The summed E-state index contributed by atoms with van der Waals surface area (Å²) >= 11 is 0. The zero-order valence-corrected chi connectivity index (χ0v) is 12.6. The quantitative estimate of drug-likeness (QED) is 0.614. The molecule has 3 atom stereocenters. The molecule has 1 saturated heterocycles. The molecule has 3 fully saturated rings. The van der Waals surface area contributed by atoms with E-state index in [0.717, 1.165) is 31.8 Å². The Morgan fingerprint density at radius 1 is 1.20 bits per heavy atom. The highest BCUT2D eigenvalue weighted by Gasteiger charge is 2.49. The molecule has 0 radical (unpaired) electrons. The van der Waals surface area contributed by atoms with Crippen molar-refractivity contribution in [2.75, 3.05) is 19.6 Å². The van der Waals surface area contributed by atoms with Gasteiger partial charge in [-0.15, -0.1) is 0 Å². The minimum absolute atomic E-state index is 0.439. The summed E-state index contributed by atoms with van der Waals surface area (Å²) in [6.07, 6.45) is 10.6. The molecule has 2 saturated carbocycles. The summed E-state index contributed by atoms with van der Waals surface area (Å²) in [5, 5.41) is 10.7. The van der Waals surface area contributed by atoms with Crippen molar-refractivity contribution in [1.82, 2.24) is 4.90 Å². The molecule has 0 amide bonds. The van der Waals surface area contributed by atoms with E-state index in [-0.39, 0.29) is 0 Å². The molecule has 3 N–H and O–H groups in total. The number of guanidine groups is 1. The van der Waals surface area contributed by atoms with E-state index >= 15 is 0 Å². The smallest absolute Gasteiger partial charge is 0.191 e. The second-order valence-corrected chi connectivity index (χ2v) is 7.07. The molecule has 0 aromatic heterocycles. The number of aliphatic imine (C=N–C) groups is 1. The largest absolute Gasteiger partial charge is 0.390 e. The summed E-state index contributed by atoms with van der Waals surface area (Å²) in [6.45, 7) is 2.77. The van der Waals surface area contributed by atoms with Crippen molar-refractivity contribution in [3.05, 3.63) is 0 Å². The average molecular weight is 279 g/mol. The van der Waals surface area contributed by atoms with Crippen LogP contribution in [0.3, 0.4) is 0 Å². The fourth-order valence-electron chi connectivity index (χ4n) is 4.48. The van der Waals surface area contributed by atoms with Gasteiger partial charge >= 0.3 is 0 Å². The Balaban J connectivity index is 1.49. The molecule has 4 nitrogen and oxygen atoms in total. The van der Waals surface area contributed by atoms with E-state index < -0.39 is 5.60 Å². The lowest BCUT2D eigenvalue weighted by Crippen LogP contribution is -2.39. The van der Waals surface area contributed by atoms with E-state index in [9.17, 15) is 5.11 Å². The van der Waals surface area contributed by atoms with E-state index in [4.69, 9.17) is 5.73 Å². The Hall–Kier alpha value is -0.770. The van der Waals surface area contributed by atoms with Gasteiger partial charge in [0, 0.05) is 19.6 Å². The van der Waals surface area contributed by atoms with Crippen LogP contribution < -0.4 is 5.73 Å². The van der Waals surface area contributed by atoms with Gasteiger partial charge in [0.15, 0.2) is 5.96 Å². The van der Waals surface area contributed by atoms with Crippen LogP contribution in [0.1, 0.15) is 57.8 Å². The van der Waals surface area contributed by atoms with Crippen LogP contribution in [0, 0.1) is 11.8 Å². The first-order valence-corrected chi connectivity index (χ1v) is 8.45. The molecule has 2 aliphatic carbocycles. The van der Waals surface area contributed by atoms with Crippen LogP contribution in [-0.4, -0.2) is 41.2 Å². The van der Waals surface area contributed by atoms with Crippen LogP contribution in [0.2, 0.25) is 0 Å². The van der Waals surface area contributed by atoms with Gasteiger partial charge in [-0.1, -0.05) is 12.8 Å². The van der Waals surface area contributed by atoms with Crippen molar-refractivity contribution in [3.63, 3.8) is 0 Å². The van der Waals surface area contributed by atoms with Gasteiger partial charge in [0.1, 0.15) is 0 Å². The highest BCUT2D eigenvalue weighted by atomic mass is 16.3. The molecular formula is C16H29N3O. The van der Waals surface area contributed by atoms with E-state index in [1.54, 1.807) is 0 Å². The third-order valence-electron chi connectivity index (χ3n) is 5.69. The number of hydrogen-bond acceptors (Lipinski definition) is 2. The van der Waals surface area contributed by atoms with Crippen molar-refractivity contribution in [1.29, 1.82) is 0 Å². The normalized spacial score (nSPS) is 38.2. The fourth-order valence-corrected chi connectivity index (χ4v) is 4.48. The van der Waals surface area contributed by atoms with Gasteiger partial charge < -0.3 is 15.7 Å². The van der Waals surface area contributed by atoms with E-state index in [1.807, 2.05) is 0 Å². The summed E-state index contributed by atoms with van der Waals surface area (Å²) in [4.78, 5) is 6.76. The Labute approximate surface area is 122 Å². The molecule has 20 heavy (non-hydrogen) atoms. The van der Waals surface area contributed by atoms with Crippen molar-refractivity contribution in [2.24, 2.45) is 22.6 Å². The second-order valence-electron chi connectivity index (χ2n) is 7.07. The predicted molar refractivity (Wildman–Crippen MR) is 81.5 cm³/mol. The van der Waals surface area contributed by atoms with Crippen LogP contribution in [0.5, 0.6) is 0 Å². The third kappa shape index (κ3) is 2.95. The third-order valence-corrected chi connectivity index (χ3v) is 5.69. The zero-order chi connectivity index (χ0) is 14.0. The number of rotatable bonds is 3. The first-order chi connectivity index (χ1) is 9.67. The molecular weight excluding hydrogens is 250 g/mol. The number of nitrogens with zero attached hydrogens (tertiary/aromatic N) is 2. The summed E-state index contributed by atoms with van der Waals surface area (Å²) in [5.74, 6) is 2.00. The first-order valence-electron chi connectivity index (χ1n) is 8.45. The highest BCUT2D eigenvalue weighted by molar-refractivity contribution is 5.78. The minimum Gasteiger partial charge on any atom is -0.390 e. The maximum atomic E-state index is 10.7.